The first-order valence-electron chi connectivity index (χ1n) is 18.8. The van der Waals surface area contributed by atoms with Crippen LogP contribution < -0.4 is 9.47 Å². The zero-order valence-electron chi connectivity index (χ0n) is 32.4. The highest BCUT2D eigenvalue weighted by Crippen LogP contribution is 2.43. The van der Waals surface area contributed by atoms with E-state index in [1.165, 1.54) is 12.8 Å². The average Bonchev–Trinajstić information content (AvgIpc) is 3.21. The summed E-state index contributed by atoms with van der Waals surface area (Å²) in [7, 11) is -6.01. The van der Waals surface area contributed by atoms with E-state index >= 15 is 0 Å². The van der Waals surface area contributed by atoms with Gasteiger partial charge < -0.3 is 19.7 Å². The molecule has 10 rings (SSSR count). The number of pyridine rings is 2. The molecule has 2 unspecified atom stereocenters. The molecule has 58 heavy (non-hydrogen) atoms. The maximum absolute atomic E-state index is 11.2. The minimum Gasteiger partial charge on any atom is -0.497 e. The van der Waals surface area contributed by atoms with Crippen molar-refractivity contribution < 1.29 is 54.7 Å². The number of aliphatic hydroxyl groups excluding tert-OH is 2. The van der Waals surface area contributed by atoms with Gasteiger partial charge >= 0.3 is 20.8 Å². The molecular weight excluding hydrogens is 793 g/mol. The fraction of sp³-hybridized carbons (Fsp3) is 0.450. The summed E-state index contributed by atoms with van der Waals surface area (Å²) in [6.07, 6.45) is 11.2. The lowest BCUT2D eigenvalue weighted by Gasteiger charge is -2.50. The van der Waals surface area contributed by atoms with Crippen LogP contribution in [0.2, 0.25) is 0 Å². The maximum atomic E-state index is 11.2. The van der Waals surface area contributed by atoms with E-state index in [1.807, 2.05) is 48.5 Å². The minimum atomic E-state index is -4.67. The second kappa shape index (κ2) is 19.3. The standard InChI is InChI=1S/2C20H24N2O2.2H2O4S/c2*1-3-13-12-22-9-7-14(13)10-19(22)20(23)16-6-8-21-18-5-4-15(24-2)11-17(16)18;2*1-5(2,3)4/h2*3-6,8,11,13-14,19-20,23H,1,7,9-10,12H2,2H3;2*(H2,1,2,3,4)/t2*13-,14-,19+,20-;;/m00../s1. The first kappa shape index (κ1) is 45.0. The molecule has 2 aromatic carbocycles. The summed E-state index contributed by atoms with van der Waals surface area (Å²) in [5, 5.41) is 24.3. The number of ether oxygens (including phenoxy) is 2. The summed E-state index contributed by atoms with van der Waals surface area (Å²) < 4.78 is 73.9. The quantitative estimate of drug-likeness (QED) is 0.101. The number of benzene rings is 2. The third-order valence-corrected chi connectivity index (χ3v) is 11.6. The van der Waals surface area contributed by atoms with Crippen molar-refractivity contribution in [3.05, 3.63) is 97.4 Å². The van der Waals surface area contributed by atoms with Crippen LogP contribution in [0.25, 0.3) is 21.8 Å². The number of rotatable bonds is 8. The first-order valence-corrected chi connectivity index (χ1v) is 21.6. The van der Waals surface area contributed by atoms with Crippen molar-refractivity contribution in [1.29, 1.82) is 0 Å². The van der Waals surface area contributed by atoms with Gasteiger partial charge in [-0.3, -0.25) is 38.0 Å². The summed E-state index contributed by atoms with van der Waals surface area (Å²) in [6.45, 7) is 12.1. The Labute approximate surface area is 339 Å². The highest BCUT2D eigenvalue weighted by molar-refractivity contribution is 7.80. The first-order chi connectivity index (χ1) is 27.4. The zero-order valence-corrected chi connectivity index (χ0v) is 34.0. The number of nitrogens with zero attached hydrogens (tertiary/aromatic N) is 4. The molecule has 18 heteroatoms. The van der Waals surface area contributed by atoms with E-state index in [0.29, 0.717) is 23.7 Å². The monoisotopic (exact) mass is 844 g/mol. The van der Waals surface area contributed by atoms with E-state index in [4.69, 9.17) is 44.5 Å². The summed E-state index contributed by atoms with van der Waals surface area (Å²) in [6, 6.07) is 15.9. The van der Waals surface area contributed by atoms with Crippen LogP contribution in [0.1, 0.15) is 49.0 Å². The Morgan fingerprint density at radius 3 is 1.33 bits per heavy atom. The van der Waals surface area contributed by atoms with Crippen LogP contribution in [0.5, 0.6) is 11.5 Å². The van der Waals surface area contributed by atoms with Crippen molar-refractivity contribution in [2.75, 3.05) is 40.4 Å². The van der Waals surface area contributed by atoms with Gasteiger partial charge in [-0.05, 0) is 122 Å². The molecular formula is C40H52N4O12S2. The predicted octanol–water partition coefficient (Wildman–Crippen LogP) is 5.04. The molecule has 16 nitrogen and oxygen atoms in total. The van der Waals surface area contributed by atoms with Crippen LogP contribution in [0.15, 0.2) is 86.2 Å². The molecule has 6 aliphatic heterocycles. The second-order valence-electron chi connectivity index (χ2n) is 14.8. The van der Waals surface area contributed by atoms with E-state index in [0.717, 1.165) is 83.5 Å². The number of aromatic nitrogens is 2. The average molecular weight is 845 g/mol. The molecule has 6 saturated heterocycles. The number of hydrogen-bond acceptors (Lipinski definition) is 12. The van der Waals surface area contributed by atoms with E-state index in [-0.39, 0.29) is 12.1 Å². The highest BCUT2D eigenvalue weighted by Gasteiger charge is 2.43. The molecule has 0 amide bonds. The van der Waals surface area contributed by atoms with E-state index in [9.17, 15) is 10.2 Å². The topological polar surface area (TPSA) is 240 Å². The van der Waals surface area contributed by atoms with Gasteiger partial charge in [0, 0.05) is 48.3 Å². The number of hydrogen-bond donors (Lipinski definition) is 6. The number of methoxy groups -OCH3 is 2. The molecule has 2 aromatic heterocycles. The molecule has 316 valence electrons. The van der Waals surface area contributed by atoms with Gasteiger partial charge in [0.05, 0.1) is 37.5 Å². The van der Waals surface area contributed by atoms with Crippen LogP contribution in [-0.4, -0.2) is 118 Å². The van der Waals surface area contributed by atoms with Crippen molar-refractivity contribution >= 4 is 42.6 Å². The Morgan fingerprint density at radius 2 is 1.03 bits per heavy atom. The molecule has 4 aromatic rings. The maximum Gasteiger partial charge on any atom is 0.394 e. The van der Waals surface area contributed by atoms with Crippen LogP contribution in [0.4, 0.5) is 0 Å². The summed E-state index contributed by atoms with van der Waals surface area (Å²) >= 11 is 0. The molecule has 8 heterocycles. The van der Waals surface area contributed by atoms with Crippen molar-refractivity contribution in [3.63, 3.8) is 0 Å². The van der Waals surface area contributed by atoms with Crippen molar-refractivity contribution in [3.8, 4) is 11.5 Å². The predicted molar refractivity (Wildman–Crippen MR) is 218 cm³/mol. The Kier molecular flexibility index (Phi) is 15.0. The highest BCUT2D eigenvalue weighted by atomic mass is 32.3. The Hall–Kier alpha value is -4.08. The largest absolute Gasteiger partial charge is 0.497 e. The third-order valence-electron chi connectivity index (χ3n) is 11.6. The van der Waals surface area contributed by atoms with E-state index in [1.54, 1.807) is 26.6 Å². The van der Waals surface area contributed by atoms with Crippen molar-refractivity contribution in [1.82, 2.24) is 19.8 Å². The van der Waals surface area contributed by atoms with Crippen LogP contribution >= 0.6 is 0 Å². The van der Waals surface area contributed by atoms with Crippen molar-refractivity contribution in [2.24, 2.45) is 23.7 Å². The Bertz CT molecular complexity index is 2100. The number of aliphatic hydroxyl groups is 2. The van der Waals surface area contributed by atoms with Crippen LogP contribution in [0.3, 0.4) is 0 Å². The summed E-state index contributed by atoms with van der Waals surface area (Å²) in [5.74, 6) is 4.01. The minimum absolute atomic E-state index is 0.178. The number of piperidine rings is 6. The zero-order chi connectivity index (χ0) is 42.4. The smallest absolute Gasteiger partial charge is 0.394 e. The fourth-order valence-electron chi connectivity index (χ4n) is 8.89. The van der Waals surface area contributed by atoms with Gasteiger partial charge in [-0.15, -0.1) is 13.2 Å². The van der Waals surface area contributed by atoms with Crippen LogP contribution in [-0.2, 0) is 20.8 Å². The van der Waals surface area contributed by atoms with Gasteiger partial charge in [0.25, 0.3) is 0 Å². The van der Waals surface area contributed by atoms with Gasteiger partial charge in [-0.1, -0.05) is 12.2 Å². The van der Waals surface area contributed by atoms with Gasteiger partial charge in [0.15, 0.2) is 0 Å². The van der Waals surface area contributed by atoms with E-state index < -0.39 is 33.0 Å². The lowest BCUT2D eigenvalue weighted by molar-refractivity contribution is -0.0445. The normalized spacial score (nSPS) is 27.0. The van der Waals surface area contributed by atoms with Crippen LogP contribution in [0, 0.1) is 23.7 Å². The number of fused-ring (bicyclic) bond motifs is 8. The fourth-order valence-corrected chi connectivity index (χ4v) is 8.89. The molecule has 6 N–H and O–H groups in total. The molecule has 4 bridgehead atoms. The molecule has 0 aliphatic carbocycles. The van der Waals surface area contributed by atoms with Gasteiger partial charge in [-0.2, -0.15) is 16.8 Å². The summed E-state index contributed by atoms with van der Waals surface area (Å²) in [5.41, 5.74) is 3.69. The van der Waals surface area contributed by atoms with E-state index in [2.05, 4.69) is 45.1 Å². The molecule has 6 fully saturated rings. The van der Waals surface area contributed by atoms with Crippen molar-refractivity contribution in [2.45, 2.75) is 50.0 Å². The lowest BCUT2D eigenvalue weighted by Crippen LogP contribution is -2.54. The third kappa shape index (κ3) is 11.6. The molecule has 6 aliphatic rings. The molecule has 10 atom stereocenters. The van der Waals surface area contributed by atoms with Gasteiger partial charge in [0.2, 0.25) is 0 Å². The molecule has 0 radical (unpaired) electrons. The molecule has 0 spiro atoms. The Morgan fingerprint density at radius 1 is 0.672 bits per heavy atom. The van der Waals surface area contributed by atoms with Gasteiger partial charge in [0.1, 0.15) is 11.5 Å². The second-order valence-corrected chi connectivity index (χ2v) is 16.6. The van der Waals surface area contributed by atoms with Gasteiger partial charge in [-0.25, -0.2) is 0 Å². The Balaban J connectivity index is 0.000000180. The summed E-state index contributed by atoms with van der Waals surface area (Å²) in [4.78, 5) is 13.7. The molecule has 0 saturated carbocycles. The lowest BCUT2D eigenvalue weighted by atomic mass is 9.73. The SMILES string of the molecule is C=C[C@H]1CN2CC[C@H]1C[C@@H]2[C@@H](O)c1ccnc2ccc(OC)cc12.C=C[C@H]1CN2CC[C@H]1C[C@@H]2[C@@H](O)c1ccnc2ccc(OC)cc12.O=S(=O)(O)O.O=S(=O)(O)O.